The Bertz CT molecular complexity index is 832. The molecule has 0 fully saturated rings. The fourth-order valence-electron chi connectivity index (χ4n) is 2.11. The smallest absolute Gasteiger partial charge is 0.248 e. The van der Waals surface area contributed by atoms with Gasteiger partial charge in [0.15, 0.2) is 6.04 Å². The average Bonchev–Trinajstić information content (AvgIpc) is 2.99. The van der Waals surface area contributed by atoms with Gasteiger partial charge in [-0.3, -0.25) is 4.79 Å². The van der Waals surface area contributed by atoms with Crippen molar-refractivity contribution in [1.29, 1.82) is 0 Å². The Balaban J connectivity index is 1.97. The predicted molar refractivity (Wildman–Crippen MR) is 82.0 cm³/mol. The summed E-state index contributed by atoms with van der Waals surface area (Å²) in [5, 5.41) is 12.6. The van der Waals surface area contributed by atoms with Gasteiger partial charge >= 0.3 is 0 Å². The van der Waals surface area contributed by atoms with Crippen molar-refractivity contribution in [1.82, 2.24) is 20.2 Å². The molecule has 0 aliphatic heterocycles. The number of hydrogen-bond donors (Lipinski definition) is 1. The first-order chi connectivity index (χ1) is 11.0. The minimum absolute atomic E-state index is 0.329. The lowest BCUT2D eigenvalue weighted by atomic mass is 10.1. The highest BCUT2D eigenvalue weighted by Crippen LogP contribution is 2.20. The first-order valence-electron chi connectivity index (χ1n) is 6.65. The predicted octanol–water partition coefficient (Wildman–Crippen LogP) is 2.21. The van der Waals surface area contributed by atoms with Crippen LogP contribution in [0.15, 0.2) is 48.5 Å². The molecule has 1 heterocycles. The van der Waals surface area contributed by atoms with Crippen molar-refractivity contribution in [2.24, 2.45) is 5.73 Å². The summed E-state index contributed by atoms with van der Waals surface area (Å²) < 4.78 is 13.0. The third-order valence-corrected chi connectivity index (χ3v) is 3.47. The van der Waals surface area contributed by atoms with Gasteiger partial charge in [0.2, 0.25) is 11.7 Å². The molecule has 0 saturated carbocycles. The van der Waals surface area contributed by atoms with Crippen LogP contribution < -0.4 is 5.73 Å². The zero-order valence-electron chi connectivity index (χ0n) is 11.7. The molecular weight excluding hydrogens is 321 g/mol. The van der Waals surface area contributed by atoms with Crippen molar-refractivity contribution >= 4 is 17.5 Å². The lowest BCUT2D eigenvalue weighted by Crippen LogP contribution is -2.29. The van der Waals surface area contributed by atoms with Gasteiger partial charge in [-0.15, -0.1) is 15.0 Å². The lowest BCUT2D eigenvalue weighted by Gasteiger charge is -2.11. The van der Waals surface area contributed by atoms with E-state index in [-0.39, 0.29) is 0 Å². The normalized spacial score (nSPS) is 12.1. The number of halogens is 2. The number of hydrogen-bond acceptors (Lipinski definition) is 4. The van der Waals surface area contributed by atoms with E-state index in [0.29, 0.717) is 22.0 Å². The fourth-order valence-corrected chi connectivity index (χ4v) is 2.23. The second-order valence-electron chi connectivity index (χ2n) is 4.80. The number of benzene rings is 2. The van der Waals surface area contributed by atoms with Gasteiger partial charge in [-0.1, -0.05) is 23.7 Å². The fraction of sp³-hybridized carbons (Fsp3) is 0.0667. The number of nitrogens with zero attached hydrogens (tertiary/aromatic N) is 4. The summed E-state index contributed by atoms with van der Waals surface area (Å²) in [5.74, 6) is -0.753. The summed E-state index contributed by atoms with van der Waals surface area (Å²) in [4.78, 5) is 12.9. The molecule has 2 N–H and O–H groups in total. The van der Waals surface area contributed by atoms with Gasteiger partial charge in [0.1, 0.15) is 5.82 Å². The molecule has 0 bridgehead atoms. The second-order valence-corrected chi connectivity index (χ2v) is 5.23. The van der Waals surface area contributed by atoms with Crippen LogP contribution >= 0.6 is 11.6 Å². The highest BCUT2D eigenvalue weighted by molar-refractivity contribution is 6.30. The number of nitrogens with two attached hydrogens (primary N) is 1. The summed E-state index contributed by atoms with van der Waals surface area (Å²) in [7, 11) is 0. The number of carbonyl (C=O) groups excluding carboxylic acids is 1. The zero-order valence-corrected chi connectivity index (χ0v) is 12.5. The van der Waals surface area contributed by atoms with E-state index in [1.54, 1.807) is 24.3 Å². The van der Waals surface area contributed by atoms with Crippen LogP contribution in [0.1, 0.15) is 11.6 Å². The van der Waals surface area contributed by atoms with E-state index in [9.17, 15) is 9.18 Å². The standard InChI is InChI=1S/C15H11ClFN5O/c16-11-5-1-10(2-6-11)15-19-21-22(20-15)13(14(18)23)9-3-7-12(17)8-4-9/h1-8,13H,(H2,18,23). The number of aromatic nitrogens is 4. The molecule has 0 aliphatic rings. The van der Waals surface area contributed by atoms with Crippen molar-refractivity contribution < 1.29 is 9.18 Å². The second kappa shape index (κ2) is 6.13. The molecule has 1 amide bonds. The molecule has 1 atom stereocenters. The van der Waals surface area contributed by atoms with E-state index in [1.807, 2.05) is 0 Å². The molecule has 3 aromatic rings. The quantitative estimate of drug-likeness (QED) is 0.794. The minimum atomic E-state index is -0.968. The van der Waals surface area contributed by atoms with E-state index >= 15 is 0 Å². The van der Waals surface area contributed by atoms with Crippen LogP contribution in [0.2, 0.25) is 5.02 Å². The summed E-state index contributed by atoms with van der Waals surface area (Å²) in [5.41, 5.74) is 6.60. The van der Waals surface area contributed by atoms with Crippen molar-refractivity contribution in [2.75, 3.05) is 0 Å². The summed E-state index contributed by atoms with van der Waals surface area (Å²) >= 11 is 5.84. The Hall–Kier alpha value is -2.80. The Labute approximate surface area is 135 Å². The first-order valence-corrected chi connectivity index (χ1v) is 7.02. The first kappa shape index (κ1) is 15.1. The lowest BCUT2D eigenvalue weighted by molar-refractivity contribution is -0.120. The van der Waals surface area contributed by atoms with Crippen LogP contribution in [0.25, 0.3) is 11.4 Å². The van der Waals surface area contributed by atoms with Gasteiger partial charge in [-0.05, 0) is 47.2 Å². The van der Waals surface area contributed by atoms with Crippen molar-refractivity contribution in [2.45, 2.75) is 6.04 Å². The van der Waals surface area contributed by atoms with Crippen molar-refractivity contribution in [3.63, 3.8) is 0 Å². The monoisotopic (exact) mass is 331 g/mol. The topological polar surface area (TPSA) is 86.7 Å². The van der Waals surface area contributed by atoms with Crippen LogP contribution in [0.3, 0.4) is 0 Å². The third kappa shape index (κ3) is 3.19. The third-order valence-electron chi connectivity index (χ3n) is 3.22. The van der Waals surface area contributed by atoms with E-state index in [2.05, 4.69) is 15.4 Å². The molecule has 0 radical (unpaired) electrons. The molecule has 1 unspecified atom stereocenters. The molecular formula is C15H11ClFN5O. The van der Waals surface area contributed by atoms with Crippen LogP contribution in [-0.2, 0) is 4.79 Å². The van der Waals surface area contributed by atoms with E-state index in [1.165, 1.54) is 24.3 Å². The Kier molecular flexibility index (Phi) is 4.03. The van der Waals surface area contributed by atoms with Gasteiger partial charge in [0, 0.05) is 10.6 Å². The molecule has 0 spiro atoms. The van der Waals surface area contributed by atoms with E-state index in [0.717, 1.165) is 4.80 Å². The van der Waals surface area contributed by atoms with Crippen LogP contribution in [0, 0.1) is 5.82 Å². The Morgan fingerprint density at radius 3 is 2.39 bits per heavy atom. The summed E-state index contributed by atoms with van der Waals surface area (Å²) in [6.07, 6.45) is 0. The Morgan fingerprint density at radius 1 is 1.13 bits per heavy atom. The number of carbonyl (C=O) groups is 1. The van der Waals surface area contributed by atoms with Crippen LogP contribution in [0.5, 0.6) is 0 Å². The molecule has 0 saturated heterocycles. The number of amides is 1. The zero-order chi connectivity index (χ0) is 16.4. The highest BCUT2D eigenvalue weighted by Gasteiger charge is 2.23. The van der Waals surface area contributed by atoms with Crippen LogP contribution in [-0.4, -0.2) is 26.1 Å². The molecule has 3 rings (SSSR count). The van der Waals surface area contributed by atoms with Crippen molar-refractivity contribution in [3.05, 3.63) is 64.9 Å². The van der Waals surface area contributed by atoms with Crippen LogP contribution in [0.4, 0.5) is 4.39 Å². The van der Waals surface area contributed by atoms with E-state index < -0.39 is 17.8 Å². The highest BCUT2D eigenvalue weighted by atomic mass is 35.5. The molecule has 116 valence electrons. The molecule has 1 aromatic heterocycles. The molecule has 2 aromatic carbocycles. The van der Waals surface area contributed by atoms with Gasteiger partial charge in [-0.25, -0.2) is 4.39 Å². The number of rotatable bonds is 4. The number of primary amides is 1. The maximum atomic E-state index is 13.0. The average molecular weight is 332 g/mol. The van der Waals surface area contributed by atoms with Gasteiger partial charge in [-0.2, -0.15) is 0 Å². The minimum Gasteiger partial charge on any atom is -0.367 e. The number of tetrazole rings is 1. The van der Waals surface area contributed by atoms with Gasteiger partial charge < -0.3 is 5.73 Å². The molecule has 8 heteroatoms. The summed E-state index contributed by atoms with van der Waals surface area (Å²) in [6, 6.07) is 11.3. The molecule has 23 heavy (non-hydrogen) atoms. The molecule has 0 aliphatic carbocycles. The van der Waals surface area contributed by atoms with Gasteiger partial charge in [0.05, 0.1) is 0 Å². The van der Waals surface area contributed by atoms with Gasteiger partial charge in [0.25, 0.3) is 0 Å². The largest absolute Gasteiger partial charge is 0.367 e. The van der Waals surface area contributed by atoms with Crippen molar-refractivity contribution in [3.8, 4) is 11.4 Å². The maximum Gasteiger partial charge on any atom is 0.248 e. The molecule has 6 nitrogen and oxygen atoms in total. The van der Waals surface area contributed by atoms with E-state index in [4.69, 9.17) is 17.3 Å². The Morgan fingerprint density at radius 2 is 1.78 bits per heavy atom. The maximum absolute atomic E-state index is 13.0. The SMILES string of the molecule is NC(=O)C(c1ccc(F)cc1)n1nnc(-c2ccc(Cl)cc2)n1. The summed E-state index contributed by atoms with van der Waals surface area (Å²) in [6.45, 7) is 0.